The predicted molar refractivity (Wildman–Crippen MR) is 64.1 cm³/mol. The zero-order valence-corrected chi connectivity index (χ0v) is 10.1. The molecule has 0 unspecified atom stereocenters. The fourth-order valence-electron chi connectivity index (χ4n) is 1.89. The zero-order chi connectivity index (χ0) is 12.3. The highest BCUT2D eigenvalue weighted by molar-refractivity contribution is 7.89. The van der Waals surface area contributed by atoms with Gasteiger partial charge >= 0.3 is 0 Å². The molecule has 0 aliphatic carbocycles. The van der Waals surface area contributed by atoms with Gasteiger partial charge in [-0.3, -0.25) is 4.79 Å². The van der Waals surface area contributed by atoms with Crippen LogP contribution >= 0.6 is 0 Å². The van der Waals surface area contributed by atoms with Crippen LogP contribution in [0.2, 0.25) is 0 Å². The Bertz CT molecular complexity index is 507. The van der Waals surface area contributed by atoms with Crippen LogP contribution in [0.25, 0.3) is 0 Å². The largest absolute Gasteiger partial charge is 0.329 e. The number of carbonyl (C=O) groups excluding carboxylic acids is 1. The molecule has 0 bridgehead atoms. The molecule has 0 aromatic heterocycles. The summed E-state index contributed by atoms with van der Waals surface area (Å²) in [7, 11) is -3.40. The highest BCUT2D eigenvalue weighted by Crippen LogP contribution is 2.22. The quantitative estimate of drug-likeness (QED) is 0.816. The number of rotatable bonds is 4. The van der Waals surface area contributed by atoms with E-state index in [0.717, 1.165) is 12.8 Å². The second-order valence-corrected chi connectivity index (χ2v) is 5.84. The normalized spacial score (nSPS) is 16.9. The van der Waals surface area contributed by atoms with Crippen LogP contribution in [0.1, 0.15) is 12.8 Å². The van der Waals surface area contributed by atoms with Crippen LogP contribution in [-0.2, 0) is 14.8 Å². The Balaban J connectivity index is 2.32. The Morgan fingerprint density at radius 2 is 1.94 bits per heavy atom. The van der Waals surface area contributed by atoms with Gasteiger partial charge in [0, 0.05) is 18.8 Å². The van der Waals surface area contributed by atoms with Crippen molar-refractivity contribution < 1.29 is 13.2 Å². The van der Waals surface area contributed by atoms with E-state index in [9.17, 15) is 13.2 Å². The van der Waals surface area contributed by atoms with Crippen molar-refractivity contribution in [1.29, 1.82) is 0 Å². The summed E-state index contributed by atoms with van der Waals surface area (Å²) in [5.74, 6) is 0. The van der Waals surface area contributed by atoms with E-state index in [-0.39, 0.29) is 4.90 Å². The fourth-order valence-corrected chi connectivity index (χ4v) is 3.46. The molecule has 6 heteroatoms. The Hall–Kier alpha value is -1.40. The summed E-state index contributed by atoms with van der Waals surface area (Å²) in [6.07, 6.45) is 2.35. The molecule has 1 aromatic carbocycles. The molecule has 0 atom stereocenters. The second kappa shape index (κ2) is 4.85. The standard InChI is InChI=1S/C11H14N2O3S/c14-9-12-10-4-3-5-11(8-10)17(15,16)13-6-1-2-7-13/h3-5,8-9H,1-2,6-7H2,(H,12,14). The molecular formula is C11H14N2O3S. The second-order valence-electron chi connectivity index (χ2n) is 3.90. The molecule has 1 aliphatic rings. The first-order valence-corrected chi connectivity index (χ1v) is 6.89. The first-order chi connectivity index (χ1) is 8.14. The molecule has 5 nitrogen and oxygen atoms in total. The lowest BCUT2D eigenvalue weighted by Gasteiger charge is -2.15. The van der Waals surface area contributed by atoms with E-state index in [4.69, 9.17) is 0 Å². The molecule has 1 aliphatic heterocycles. The van der Waals surface area contributed by atoms with Gasteiger partial charge in [0.05, 0.1) is 4.90 Å². The molecule has 1 N–H and O–H groups in total. The van der Waals surface area contributed by atoms with Gasteiger partial charge in [0.1, 0.15) is 0 Å². The third kappa shape index (κ3) is 2.48. The molecule has 1 aromatic rings. The minimum Gasteiger partial charge on any atom is -0.329 e. The number of anilines is 1. The van der Waals surface area contributed by atoms with Gasteiger partial charge in [-0.2, -0.15) is 4.31 Å². The van der Waals surface area contributed by atoms with Gasteiger partial charge in [-0.25, -0.2) is 8.42 Å². The van der Waals surface area contributed by atoms with Gasteiger partial charge in [-0.05, 0) is 31.0 Å². The molecule has 0 radical (unpaired) electrons. The molecule has 92 valence electrons. The summed E-state index contributed by atoms with van der Waals surface area (Å²) in [5, 5.41) is 2.45. The fraction of sp³-hybridized carbons (Fsp3) is 0.364. The Labute approximate surface area is 100 Å². The van der Waals surface area contributed by atoms with Crippen LogP contribution in [-0.4, -0.2) is 32.2 Å². The van der Waals surface area contributed by atoms with E-state index in [2.05, 4.69) is 5.32 Å². The van der Waals surface area contributed by atoms with Crippen molar-refractivity contribution in [1.82, 2.24) is 4.31 Å². The molecule has 1 amide bonds. The third-order valence-corrected chi connectivity index (χ3v) is 4.66. The Kier molecular flexibility index (Phi) is 3.44. The molecule has 2 rings (SSSR count). The number of sulfonamides is 1. The van der Waals surface area contributed by atoms with Gasteiger partial charge < -0.3 is 5.32 Å². The van der Waals surface area contributed by atoms with Gasteiger partial charge in [-0.1, -0.05) is 6.07 Å². The SMILES string of the molecule is O=CNc1cccc(S(=O)(=O)N2CCCC2)c1. The minimum atomic E-state index is -3.40. The number of carbonyl (C=O) groups is 1. The zero-order valence-electron chi connectivity index (χ0n) is 9.30. The average Bonchev–Trinajstić information content (AvgIpc) is 2.84. The Morgan fingerprint density at radius 3 is 2.59 bits per heavy atom. The van der Waals surface area contributed by atoms with Crippen molar-refractivity contribution in [3.63, 3.8) is 0 Å². The van der Waals surface area contributed by atoms with E-state index in [1.165, 1.54) is 10.4 Å². The van der Waals surface area contributed by atoms with Crippen molar-refractivity contribution in [2.75, 3.05) is 18.4 Å². The maximum absolute atomic E-state index is 12.2. The molecule has 1 heterocycles. The van der Waals surface area contributed by atoms with Crippen molar-refractivity contribution in [3.8, 4) is 0 Å². The third-order valence-electron chi connectivity index (χ3n) is 2.76. The molecule has 0 spiro atoms. The lowest BCUT2D eigenvalue weighted by molar-refractivity contribution is -0.105. The number of nitrogens with zero attached hydrogens (tertiary/aromatic N) is 1. The van der Waals surface area contributed by atoms with Crippen LogP contribution in [0.3, 0.4) is 0 Å². The maximum atomic E-state index is 12.2. The van der Waals surface area contributed by atoms with Crippen molar-refractivity contribution in [2.24, 2.45) is 0 Å². The van der Waals surface area contributed by atoms with Crippen molar-refractivity contribution in [2.45, 2.75) is 17.7 Å². The van der Waals surface area contributed by atoms with Crippen LogP contribution in [0.4, 0.5) is 5.69 Å². The molecule has 17 heavy (non-hydrogen) atoms. The van der Waals surface area contributed by atoms with Gasteiger partial charge in [0.15, 0.2) is 0 Å². The van der Waals surface area contributed by atoms with E-state index in [1.807, 2.05) is 0 Å². The first-order valence-electron chi connectivity index (χ1n) is 5.45. The summed E-state index contributed by atoms with van der Waals surface area (Å²) in [6.45, 7) is 1.15. The average molecular weight is 254 g/mol. The molecule has 0 saturated carbocycles. The molecular weight excluding hydrogens is 240 g/mol. The number of hydrogen-bond acceptors (Lipinski definition) is 3. The van der Waals surface area contributed by atoms with Crippen LogP contribution < -0.4 is 5.32 Å². The number of hydrogen-bond donors (Lipinski definition) is 1. The summed E-state index contributed by atoms with van der Waals surface area (Å²) in [5.41, 5.74) is 0.486. The van der Waals surface area contributed by atoms with E-state index >= 15 is 0 Å². The van der Waals surface area contributed by atoms with E-state index < -0.39 is 10.0 Å². The number of nitrogens with one attached hydrogen (secondary N) is 1. The van der Waals surface area contributed by atoms with E-state index in [0.29, 0.717) is 25.2 Å². The molecule has 1 saturated heterocycles. The monoisotopic (exact) mass is 254 g/mol. The predicted octanol–water partition coefficient (Wildman–Crippen LogP) is 1.04. The Morgan fingerprint density at radius 1 is 1.24 bits per heavy atom. The minimum absolute atomic E-state index is 0.228. The van der Waals surface area contributed by atoms with Crippen LogP contribution in [0.15, 0.2) is 29.2 Å². The van der Waals surface area contributed by atoms with Crippen molar-refractivity contribution >= 4 is 22.1 Å². The van der Waals surface area contributed by atoms with Crippen molar-refractivity contribution in [3.05, 3.63) is 24.3 Å². The number of amides is 1. The highest BCUT2D eigenvalue weighted by atomic mass is 32.2. The lowest BCUT2D eigenvalue weighted by Crippen LogP contribution is -2.27. The highest BCUT2D eigenvalue weighted by Gasteiger charge is 2.27. The van der Waals surface area contributed by atoms with Gasteiger partial charge in [0.2, 0.25) is 16.4 Å². The number of benzene rings is 1. The summed E-state index contributed by atoms with van der Waals surface area (Å²) >= 11 is 0. The topological polar surface area (TPSA) is 66.5 Å². The molecule has 1 fully saturated rings. The summed E-state index contributed by atoms with van der Waals surface area (Å²) in [6, 6.07) is 6.29. The smallest absolute Gasteiger partial charge is 0.243 e. The maximum Gasteiger partial charge on any atom is 0.243 e. The van der Waals surface area contributed by atoms with Gasteiger partial charge in [-0.15, -0.1) is 0 Å². The van der Waals surface area contributed by atoms with Crippen LogP contribution in [0.5, 0.6) is 0 Å². The van der Waals surface area contributed by atoms with Crippen LogP contribution in [0, 0.1) is 0 Å². The van der Waals surface area contributed by atoms with E-state index in [1.54, 1.807) is 18.2 Å². The lowest BCUT2D eigenvalue weighted by atomic mass is 10.3. The van der Waals surface area contributed by atoms with Gasteiger partial charge in [0.25, 0.3) is 0 Å². The first kappa shape index (κ1) is 12.1. The summed E-state index contributed by atoms with van der Waals surface area (Å²) in [4.78, 5) is 10.5. The summed E-state index contributed by atoms with van der Waals surface area (Å²) < 4.78 is 25.9.